The molecule has 0 heterocycles. The largest absolute Gasteiger partial charge is 0.495 e. The van der Waals surface area contributed by atoms with Crippen LogP contribution in [0.15, 0.2) is 42.5 Å². The van der Waals surface area contributed by atoms with Crippen molar-refractivity contribution in [2.45, 2.75) is 71.0 Å². The number of nitrogens with zero attached hydrogens (tertiary/aromatic N) is 2. The number of aryl methyl sites for hydroxylation is 1. The highest BCUT2D eigenvalue weighted by molar-refractivity contribution is 7.92. The van der Waals surface area contributed by atoms with E-state index in [0.717, 1.165) is 53.8 Å². The van der Waals surface area contributed by atoms with Gasteiger partial charge in [0.05, 0.1) is 19.1 Å². The molecule has 1 unspecified atom stereocenters. The molecule has 2 amide bonds. The van der Waals surface area contributed by atoms with Crippen molar-refractivity contribution in [3.05, 3.63) is 58.6 Å². The second kappa shape index (κ2) is 13.3. The predicted octanol–water partition coefficient (Wildman–Crippen LogP) is 4.68. The molecule has 10 heteroatoms. The fourth-order valence-electron chi connectivity index (χ4n) is 4.89. The highest BCUT2D eigenvalue weighted by atomic mass is 35.5. The summed E-state index contributed by atoms with van der Waals surface area (Å²) in [6.45, 7) is 3.47. The molecular weight excluding hydrogens is 526 g/mol. The van der Waals surface area contributed by atoms with Gasteiger partial charge in [-0.3, -0.25) is 13.9 Å². The van der Waals surface area contributed by atoms with E-state index >= 15 is 0 Å². The maximum atomic E-state index is 13.9. The Balaban J connectivity index is 1.97. The van der Waals surface area contributed by atoms with Gasteiger partial charge in [-0.15, -0.1) is 0 Å². The first-order valence-electron chi connectivity index (χ1n) is 13.0. The zero-order chi connectivity index (χ0) is 27.9. The Labute approximate surface area is 231 Å². The zero-order valence-electron chi connectivity index (χ0n) is 22.6. The van der Waals surface area contributed by atoms with E-state index in [4.69, 9.17) is 16.3 Å². The Bertz CT molecular complexity index is 1230. The molecule has 1 fully saturated rings. The number of halogens is 1. The highest BCUT2D eigenvalue weighted by Gasteiger charge is 2.33. The predicted molar refractivity (Wildman–Crippen MR) is 151 cm³/mol. The number of sulfonamides is 1. The van der Waals surface area contributed by atoms with Crippen molar-refractivity contribution in [2.75, 3.05) is 24.2 Å². The van der Waals surface area contributed by atoms with Crippen molar-refractivity contribution >= 4 is 39.1 Å². The third kappa shape index (κ3) is 7.63. The summed E-state index contributed by atoms with van der Waals surface area (Å²) >= 11 is 6.17. The summed E-state index contributed by atoms with van der Waals surface area (Å²) in [5.41, 5.74) is 2.02. The highest BCUT2D eigenvalue weighted by Crippen LogP contribution is 2.33. The smallest absolute Gasteiger partial charge is 0.244 e. The van der Waals surface area contributed by atoms with Gasteiger partial charge in [0.25, 0.3) is 0 Å². The van der Waals surface area contributed by atoms with Crippen LogP contribution in [0.1, 0.15) is 56.6 Å². The number of hydrogen-bond acceptors (Lipinski definition) is 5. The van der Waals surface area contributed by atoms with E-state index in [9.17, 15) is 18.0 Å². The van der Waals surface area contributed by atoms with Gasteiger partial charge in [0.15, 0.2) is 0 Å². The Kier molecular flexibility index (Phi) is 10.4. The maximum absolute atomic E-state index is 13.9. The Morgan fingerprint density at radius 3 is 2.42 bits per heavy atom. The minimum atomic E-state index is -3.91. The zero-order valence-corrected chi connectivity index (χ0v) is 24.1. The molecule has 208 valence electrons. The molecule has 1 aliphatic carbocycles. The molecule has 0 aliphatic heterocycles. The van der Waals surface area contributed by atoms with Gasteiger partial charge in [-0.1, -0.05) is 62.1 Å². The summed E-state index contributed by atoms with van der Waals surface area (Å²) < 4.78 is 32.1. The average Bonchev–Trinajstić information content (AvgIpc) is 2.88. The lowest BCUT2D eigenvalue weighted by Crippen LogP contribution is -2.54. The SMILES string of the molecule is CCC(C(=O)NC1CCCCC1)N(Cc1ccccc1C)C(=O)CN(c1cc(Cl)ccc1OC)S(C)(=O)=O. The topological polar surface area (TPSA) is 96.0 Å². The minimum absolute atomic E-state index is 0.0870. The molecule has 38 heavy (non-hydrogen) atoms. The summed E-state index contributed by atoms with van der Waals surface area (Å²) in [5.74, 6) is -0.445. The molecule has 0 radical (unpaired) electrons. The Morgan fingerprint density at radius 1 is 1.13 bits per heavy atom. The van der Waals surface area contributed by atoms with E-state index in [0.29, 0.717) is 11.4 Å². The first kappa shape index (κ1) is 29.8. The van der Waals surface area contributed by atoms with E-state index in [1.807, 2.05) is 38.1 Å². The summed E-state index contributed by atoms with van der Waals surface area (Å²) in [6.07, 6.45) is 6.55. The molecule has 1 aliphatic rings. The number of ether oxygens (including phenoxy) is 1. The Morgan fingerprint density at radius 2 is 1.82 bits per heavy atom. The number of methoxy groups -OCH3 is 1. The van der Waals surface area contributed by atoms with Crippen molar-refractivity contribution in [2.24, 2.45) is 0 Å². The van der Waals surface area contributed by atoms with Gasteiger partial charge in [0.2, 0.25) is 21.8 Å². The van der Waals surface area contributed by atoms with Crippen molar-refractivity contribution in [1.29, 1.82) is 0 Å². The van der Waals surface area contributed by atoms with Gasteiger partial charge in [0.1, 0.15) is 18.3 Å². The van der Waals surface area contributed by atoms with Crippen LogP contribution in [0.4, 0.5) is 5.69 Å². The van der Waals surface area contributed by atoms with Crippen molar-refractivity contribution < 1.29 is 22.7 Å². The van der Waals surface area contributed by atoms with E-state index in [1.54, 1.807) is 12.1 Å². The van der Waals surface area contributed by atoms with Crippen molar-refractivity contribution in [3.63, 3.8) is 0 Å². The molecule has 0 aromatic heterocycles. The first-order chi connectivity index (χ1) is 18.0. The minimum Gasteiger partial charge on any atom is -0.495 e. The van der Waals surface area contributed by atoms with E-state index in [-0.39, 0.29) is 29.9 Å². The second-order valence-electron chi connectivity index (χ2n) is 9.80. The maximum Gasteiger partial charge on any atom is 0.244 e. The van der Waals surface area contributed by atoms with Gasteiger partial charge in [-0.05, 0) is 55.5 Å². The van der Waals surface area contributed by atoms with Crippen LogP contribution in [0.5, 0.6) is 5.75 Å². The standard InChI is InChI=1S/C28H38ClN3O5S/c1-5-24(28(34)30-23-13-7-6-8-14-23)31(18-21-12-10-9-11-20(21)2)27(33)19-32(38(4,35)36)25-17-22(29)15-16-26(25)37-3/h9-12,15-17,23-24H,5-8,13-14,18-19H2,1-4H3,(H,30,34). The number of anilines is 1. The number of carbonyl (C=O) groups is 2. The number of nitrogens with one attached hydrogen (secondary N) is 1. The van der Waals surface area contributed by atoms with Crippen LogP contribution in [0, 0.1) is 6.92 Å². The molecular formula is C28H38ClN3O5S. The van der Waals surface area contributed by atoms with Crippen LogP contribution in [0.3, 0.4) is 0 Å². The third-order valence-electron chi connectivity index (χ3n) is 7.03. The van der Waals surface area contributed by atoms with Gasteiger partial charge >= 0.3 is 0 Å². The van der Waals surface area contributed by atoms with Crippen LogP contribution in [-0.2, 0) is 26.2 Å². The summed E-state index contributed by atoms with van der Waals surface area (Å²) in [7, 11) is -2.49. The molecule has 2 aromatic carbocycles. The van der Waals surface area contributed by atoms with Gasteiger partial charge < -0.3 is 15.0 Å². The fraction of sp³-hybridized carbons (Fsp3) is 0.500. The van der Waals surface area contributed by atoms with Crippen LogP contribution < -0.4 is 14.4 Å². The number of carbonyl (C=O) groups excluding carboxylic acids is 2. The van der Waals surface area contributed by atoms with E-state index < -0.39 is 28.5 Å². The molecule has 3 rings (SSSR count). The first-order valence-corrected chi connectivity index (χ1v) is 15.2. The van der Waals surface area contributed by atoms with E-state index in [1.165, 1.54) is 18.1 Å². The molecule has 8 nitrogen and oxygen atoms in total. The second-order valence-corrected chi connectivity index (χ2v) is 12.1. The number of rotatable bonds is 11. The van der Waals surface area contributed by atoms with Crippen LogP contribution >= 0.6 is 11.6 Å². The van der Waals surface area contributed by atoms with Crippen LogP contribution in [0.2, 0.25) is 5.02 Å². The lowest BCUT2D eigenvalue weighted by molar-refractivity contribution is -0.140. The molecule has 1 N–H and O–H groups in total. The fourth-order valence-corrected chi connectivity index (χ4v) is 5.90. The number of amides is 2. The van der Waals surface area contributed by atoms with E-state index in [2.05, 4.69) is 5.32 Å². The third-order valence-corrected chi connectivity index (χ3v) is 8.39. The van der Waals surface area contributed by atoms with Crippen molar-refractivity contribution in [3.8, 4) is 5.75 Å². The van der Waals surface area contributed by atoms with Crippen LogP contribution in [-0.4, -0.2) is 57.1 Å². The summed E-state index contributed by atoms with van der Waals surface area (Å²) in [4.78, 5) is 28.9. The lowest BCUT2D eigenvalue weighted by atomic mass is 9.95. The molecule has 1 saturated carbocycles. The quantitative estimate of drug-likeness (QED) is 0.428. The van der Waals surface area contributed by atoms with Gasteiger partial charge in [-0.2, -0.15) is 0 Å². The summed E-state index contributed by atoms with van der Waals surface area (Å²) in [6, 6.07) is 11.6. The molecule has 0 spiro atoms. The molecule has 2 aromatic rings. The lowest BCUT2D eigenvalue weighted by Gasteiger charge is -2.34. The average molecular weight is 564 g/mol. The van der Waals surface area contributed by atoms with Crippen molar-refractivity contribution in [1.82, 2.24) is 10.2 Å². The normalized spacial score (nSPS) is 15.0. The van der Waals surface area contributed by atoms with Gasteiger partial charge in [-0.25, -0.2) is 8.42 Å². The number of hydrogen-bond donors (Lipinski definition) is 1. The Hall–Kier alpha value is -2.78. The number of benzene rings is 2. The van der Waals surface area contributed by atoms with Crippen LogP contribution in [0.25, 0.3) is 0 Å². The summed E-state index contributed by atoms with van der Waals surface area (Å²) in [5, 5.41) is 3.45. The molecule has 0 saturated heterocycles. The van der Waals surface area contributed by atoms with Gasteiger partial charge in [0, 0.05) is 17.6 Å². The molecule has 0 bridgehead atoms. The molecule has 1 atom stereocenters. The monoisotopic (exact) mass is 563 g/mol.